The van der Waals surface area contributed by atoms with E-state index in [1.54, 1.807) is 48.2 Å². The minimum Gasteiger partial charge on any atom is -0.497 e. The van der Waals surface area contributed by atoms with Crippen LogP contribution in [0.3, 0.4) is 0 Å². The number of para-hydroxylation sites is 2. The predicted octanol–water partition coefficient (Wildman–Crippen LogP) is 4.60. The van der Waals surface area contributed by atoms with Gasteiger partial charge in [0.05, 0.1) is 24.8 Å². The molecule has 0 aliphatic rings. The van der Waals surface area contributed by atoms with Gasteiger partial charge in [-0.1, -0.05) is 35.9 Å². The van der Waals surface area contributed by atoms with Crippen molar-refractivity contribution >= 4 is 45.0 Å². The Morgan fingerprint density at radius 1 is 1.00 bits per heavy atom. The second-order valence-corrected chi connectivity index (χ2v) is 10.8. The molecule has 0 heterocycles. The van der Waals surface area contributed by atoms with Crippen molar-refractivity contribution in [3.63, 3.8) is 0 Å². The highest BCUT2D eigenvalue weighted by atomic mass is 35.5. The molecule has 3 rings (SSSR count). The van der Waals surface area contributed by atoms with Gasteiger partial charge in [0.15, 0.2) is 0 Å². The topological polar surface area (TPSA) is 84.9 Å². The number of nitrogens with one attached hydrogen (secondary N) is 1. The third-order valence-electron chi connectivity index (χ3n) is 5.01. The first-order valence-electron chi connectivity index (χ1n) is 10.7. The van der Waals surface area contributed by atoms with Crippen molar-refractivity contribution in [1.29, 1.82) is 0 Å². The summed E-state index contributed by atoms with van der Waals surface area (Å²) in [5.41, 5.74) is 1.37. The molecule has 0 fully saturated rings. The smallest absolute Gasteiger partial charge is 0.264 e. The molecule has 1 N–H and O–H groups in total. The van der Waals surface area contributed by atoms with Gasteiger partial charge in [-0.25, -0.2) is 8.42 Å². The highest BCUT2D eigenvalue weighted by Gasteiger charge is 2.29. The monoisotopic (exact) mass is 534 g/mol. The fraction of sp³-hybridized carbons (Fsp3) is 0.240. The molecule has 0 aliphatic carbocycles. The van der Waals surface area contributed by atoms with Crippen molar-refractivity contribution in [2.75, 3.05) is 37.4 Å². The number of sulfonamides is 1. The molecule has 0 saturated heterocycles. The molecule has 10 heteroatoms. The molecule has 7 nitrogen and oxygen atoms in total. The maximum atomic E-state index is 13.5. The fourth-order valence-corrected chi connectivity index (χ4v) is 5.73. The van der Waals surface area contributed by atoms with Gasteiger partial charge in [-0.2, -0.15) is 11.8 Å². The number of rotatable bonds is 12. The van der Waals surface area contributed by atoms with Crippen molar-refractivity contribution in [1.82, 2.24) is 5.32 Å². The Morgan fingerprint density at radius 3 is 2.43 bits per heavy atom. The first-order valence-corrected chi connectivity index (χ1v) is 13.7. The van der Waals surface area contributed by atoms with Crippen LogP contribution in [0.4, 0.5) is 5.69 Å². The van der Waals surface area contributed by atoms with Crippen LogP contribution in [0.5, 0.6) is 11.5 Å². The zero-order valence-electron chi connectivity index (χ0n) is 19.4. The Kier molecular flexibility index (Phi) is 9.71. The Morgan fingerprint density at radius 2 is 1.74 bits per heavy atom. The number of benzene rings is 3. The van der Waals surface area contributed by atoms with E-state index in [4.69, 9.17) is 21.1 Å². The summed E-state index contributed by atoms with van der Waals surface area (Å²) in [4.78, 5) is 12.8. The van der Waals surface area contributed by atoms with Gasteiger partial charge in [0.2, 0.25) is 5.91 Å². The highest BCUT2D eigenvalue weighted by Crippen LogP contribution is 2.32. The van der Waals surface area contributed by atoms with E-state index in [1.807, 2.05) is 24.3 Å². The molecule has 0 bridgehead atoms. The van der Waals surface area contributed by atoms with Crippen molar-refractivity contribution in [2.45, 2.75) is 10.6 Å². The molecule has 0 spiro atoms. The van der Waals surface area contributed by atoms with Crippen LogP contribution in [0.2, 0.25) is 5.02 Å². The average molecular weight is 535 g/mol. The molecule has 0 atom stereocenters. The fourth-order valence-electron chi connectivity index (χ4n) is 3.28. The quantitative estimate of drug-likeness (QED) is 0.342. The lowest BCUT2D eigenvalue weighted by Crippen LogP contribution is -2.41. The summed E-state index contributed by atoms with van der Waals surface area (Å²) in [5, 5.41) is 3.49. The van der Waals surface area contributed by atoms with Crippen LogP contribution < -0.4 is 19.1 Å². The SMILES string of the molecule is COc1ccc(S(=O)(=O)N(CC(=O)NCCSCc2cccc(Cl)c2)c2ccccc2OC)cc1. The summed E-state index contributed by atoms with van der Waals surface area (Å²) >= 11 is 7.66. The largest absolute Gasteiger partial charge is 0.497 e. The normalized spacial score (nSPS) is 11.1. The highest BCUT2D eigenvalue weighted by molar-refractivity contribution is 7.98. The minimum absolute atomic E-state index is 0.0362. The second-order valence-electron chi connectivity index (χ2n) is 7.39. The number of hydrogen-bond donors (Lipinski definition) is 1. The van der Waals surface area contributed by atoms with Crippen LogP contribution in [-0.2, 0) is 20.6 Å². The van der Waals surface area contributed by atoms with Gasteiger partial charge in [0.1, 0.15) is 18.0 Å². The van der Waals surface area contributed by atoms with E-state index < -0.39 is 22.5 Å². The molecule has 0 saturated carbocycles. The summed E-state index contributed by atoms with van der Waals surface area (Å²) in [7, 11) is -1.11. The molecular formula is C25H27ClN2O5S2. The molecule has 0 radical (unpaired) electrons. The number of ether oxygens (including phenoxy) is 2. The molecule has 3 aromatic carbocycles. The summed E-state index contributed by atoms with van der Waals surface area (Å²) < 4.78 is 38.6. The summed E-state index contributed by atoms with van der Waals surface area (Å²) in [6.07, 6.45) is 0. The van der Waals surface area contributed by atoms with E-state index in [9.17, 15) is 13.2 Å². The summed E-state index contributed by atoms with van der Waals surface area (Å²) in [5.74, 6) is 1.87. The number of halogens is 1. The van der Waals surface area contributed by atoms with Gasteiger partial charge in [-0.15, -0.1) is 0 Å². The van der Waals surface area contributed by atoms with Crippen molar-refractivity contribution < 1.29 is 22.7 Å². The van der Waals surface area contributed by atoms with E-state index in [0.29, 0.717) is 28.8 Å². The number of carbonyl (C=O) groups excluding carboxylic acids is 1. The van der Waals surface area contributed by atoms with E-state index in [-0.39, 0.29) is 10.6 Å². The lowest BCUT2D eigenvalue weighted by molar-refractivity contribution is -0.119. The van der Waals surface area contributed by atoms with Gasteiger partial charge >= 0.3 is 0 Å². The number of anilines is 1. The van der Waals surface area contributed by atoms with Crippen LogP contribution in [-0.4, -0.2) is 47.4 Å². The molecule has 0 aromatic heterocycles. The standard InChI is InChI=1S/C25H27ClN2O5S2/c1-32-21-10-12-22(13-11-21)35(30,31)28(23-8-3-4-9-24(23)33-2)17-25(29)27-14-15-34-18-19-6-5-7-20(26)16-19/h3-13,16H,14-15,17-18H2,1-2H3,(H,27,29). The van der Waals surface area contributed by atoms with Gasteiger partial charge in [-0.05, 0) is 54.1 Å². The predicted molar refractivity (Wildman–Crippen MR) is 141 cm³/mol. The van der Waals surface area contributed by atoms with Crippen LogP contribution in [0.1, 0.15) is 5.56 Å². The van der Waals surface area contributed by atoms with E-state index in [1.165, 1.54) is 26.4 Å². The first kappa shape index (κ1) is 26.7. The van der Waals surface area contributed by atoms with Crippen LogP contribution in [0, 0.1) is 0 Å². The van der Waals surface area contributed by atoms with Gasteiger partial charge in [-0.3, -0.25) is 9.10 Å². The maximum absolute atomic E-state index is 13.5. The molecule has 3 aromatic rings. The Bertz CT molecular complexity index is 1240. The Balaban J connectivity index is 1.70. The number of methoxy groups -OCH3 is 2. The number of nitrogens with zero attached hydrogens (tertiary/aromatic N) is 1. The van der Waals surface area contributed by atoms with E-state index >= 15 is 0 Å². The third kappa shape index (κ3) is 7.30. The van der Waals surface area contributed by atoms with Crippen molar-refractivity contribution in [3.05, 3.63) is 83.4 Å². The first-order chi connectivity index (χ1) is 16.8. The van der Waals surface area contributed by atoms with Crippen molar-refractivity contribution in [3.8, 4) is 11.5 Å². The van der Waals surface area contributed by atoms with Gasteiger partial charge in [0, 0.05) is 23.1 Å². The summed E-state index contributed by atoms with van der Waals surface area (Å²) in [6.45, 7) is 0.000109. The van der Waals surface area contributed by atoms with E-state index in [0.717, 1.165) is 15.6 Å². The third-order valence-corrected chi connectivity index (χ3v) is 8.05. The number of thioether (sulfide) groups is 1. The summed E-state index contributed by atoms with van der Waals surface area (Å²) in [6, 6.07) is 20.3. The zero-order chi connectivity index (χ0) is 25.3. The average Bonchev–Trinajstić information content (AvgIpc) is 2.87. The van der Waals surface area contributed by atoms with Crippen molar-refractivity contribution in [2.24, 2.45) is 0 Å². The van der Waals surface area contributed by atoms with Crippen LogP contribution in [0.15, 0.2) is 77.7 Å². The van der Waals surface area contributed by atoms with Crippen LogP contribution in [0.25, 0.3) is 0 Å². The lowest BCUT2D eigenvalue weighted by atomic mass is 10.2. The molecule has 0 unspecified atom stereocenters. The molecular weight excluding hydrogens is 508 g/mol. The number of carbonyl (C=O) groups is 1. The lowest BCUT2D eigenvalue weighted by Gasteiger charge is -2.25. The number of hydrogen-bond acceptors (Lipinski definition) is 6. The maximum Gasteiger partial charge on any atom is 0.264 e. The molecule has 1 amide bonds. The molecule has 35 heavy (non-hydrogen) atoms. The minimum atomic E-state index is -4.06. The molecule has 186 valence electrons. The van der Waals surface area contributed by atoms with Gasteiger partial charge in [0.25, 0.3) is 10.0 Å². The van der Waals surface area contributed by atoms with Crippen LogP contribution >= 0.6 is 23.4 Å². The Labute approximate surface area is 215 Å². The second kappa shape index (κ2) is 12.7. The molecule has 0 aliphatic heterocycles. The zero-order valence-corrected chi connectivity index (χ0v) is 21.8. The Hall–Kier alpha value is -2.88. The van der Waals surface area contributed by atoms with E-state index in [2.05, 4.69) is 5.32 Å². The van der Waals surface area contributed by atoms with Gasteiger partial charge < -0.3 is 14.8 Å². The number of amides is 1.